The maximum absolute atomic E-state index is 13.3. The van der Waals surface area contributed by atoms with Gasteiger partial charge in [-0.15, -0.1) is 0 Å². The van der Waals surface area contributed by atoms with Crippen molar-refractivity contribution in [1.29, 1.82) is 0 Å². The van der Waals surface area contributed by atoms with Gasteiger partial charge in [0, 0.05) is 35.7 Å². The SMILES string of the molecule is CC1(C)CC2C3=CCC4[C@@]5(C)Cc6c(N)n[nH]c6C(C)(C)C5CC[C@@]4(C)[C@]3(C)CC[C@@H]2[C@H](c2[nH][nH]c(=O)c2N2CCOCC2)C1. The molecule has 0 spiro atoms. The third-order valence-electron chi connectivity index (χ3n) is 15.2. The molecule has 2 aromatic heterocycles. The molecule has 0 radical (unpaired) electrons. The van der Waals surface area contributed by atoms with E-state index in [1.807, 2.05) is 0 Å². The fourth-order valence-electron chi connectivity index (χ4n) is 13.1. The zero-order valence-corrected chi connectivity index (χ0v) is 28.7. The van der Waals surface area contributed by atoms with Gasteiger partial charge in [-0.3, -0.25) is 20.1 Å². The van der Waals surface area contributed by atoms with Gasteiger partial charge in [0.05, 0.1) is 18.9 Å². The van der Waals surface area contributed by atoms with Gasteiger partial charge in [-0.05, 0) is 96.7 Å². The summed E-state index contributed by atoms with van der Waals surface area (Å²) in [5, 5.41) is 14.3. The van der Waals surface area contributed by atoms with E-state index in [0.717, 1.165) is 43.7 Å². The molecular formula is C37H56N6O2. The lowest BCUT2D eigenvalue weighted by molar-refractivity contribution is -0.153. The molecule has 0 bridgehead atoms. The lowest BCUT2D eigenvalue weighted by atomic mass is 9.34. The third kappa shape index (κ3) is 3.93. The van der Waals surface area contributed by atoms with E-state index in [1.165, 1.54) is 43.4 Å². The minimum atomic E-state index is 0.0292. The number of H-pyrrole nitrogens is 3. The van der Waals surface area contributed by atoms with Crippen LogP contribution in [0.2, 0.25) is 0 Å². The van der Waals surface area contributed by atoms with E-state index >= 15 is 0 Å². The maximum Gasteiger partial charge on any atom is 0.287 e. The Morgan fingerprint density at radius 3 is 2.44 bits per heavy atom. The van der Waals surface area contributed by atoms with Crippen LogP contribution in [0.4, 0.5) is 11.5 Å². The van der Waals surface area contributed by atoms with Crippen molar-refractivity contribution < 1.29 is 4.74 Å². The number of morpholine rings is 1. The molecular weight excluding hydrogens is 560 g/mol. The Hall–Kier alpha value is -2.48. The van der Waals surface area contributed by atoms with E-state index in [1.54, 1.807) is 5.57 Å². The number of hydrogen-bond acceptors (Lipinski definition) is 5. The Kier molecular flexibility index (Phi) is 6.34. The molecule has 0 amide bonds. The summed E-state index contributed by atoms with van der Waals surface area (Å²) in [6, 6.07) is 0. The molecule has 1 aliphatic heterocycles. The molecule has 3 unspecified atom stereocenters. The van der Waals surface area contributed by atoms with E-state index in [9.17, 15) is 4.79 Å². The summed E-state index contributed by atoms with van der Waals surface area (Å²) in [7, 11) is 0. The third-order valence-corrected chi connectivity index (χ3v) is 15.2. The molecule has 0 aromatic carbocycles. The highest BCUT2D eigenvalue weighted by molar-refractivity contribution is 5.52. The predicted molar refractivity (Wildman–Crippen MR) is 179 cm³/mol. The van der Waals surface area contributed by atoms with Crippen LogP contribution in [0, 0.1) is 45.3 Å². The number of nitrogens with one attached hydrogen (secondary N) is 3. The number of nitrogens with zero attached hydrogens (tertiary/aromatic N) is 2. The van der Waals surface area contributed by atoms with E-state index in [4.69, 9.17) is 10.5 Å². The molecule has 5 aliphatic carbocycles. The number of nitrogens with two attached hydrogens (primary N) is 1. The standard InChI is InChI=1S/C37H56N6O2/c1-33(2)18-22-21(23(19-33)28-29(32(44)42-39-28)43-14-16-45-17-15-43)10-12-36(6)25(22)8-9-27-35(5)20-24-30(40-41-31(24)38)34(3,4)26(35)11-13-37(27,36)7/h8,21-23,26-27H,9-20H2,1-7H3,(H3,38,40,41)(H2,39,42,44)/t21-,22?,23+,26?,27?,35-,36+,37+/m0/s1. The number of aromatic nitrogens is 4. The fraction of sp³-hybridized carbons (Fsp3) is 0.784. The summed E-state index contributed by atoms with van der Waals surface area (Å²) in [5.74, 6) is 3.37. The first-order valence-corrected chi connectivity index (χ1v) is 17.9. The van der Waals surface area contributed by atoms with Crippen molar-refractivity contribution >= 4 is 11.5 Å². The number of nitrogen functional groups attached to an aromatic ring is 1. The number of allylic oxidation sites excluding steroid dienone is 2. The molecule has 5 N–H and O–H groups in total. The molecule has 8 rings (SSSR count). The number of aromatic amines is 3. The lowest BCUT2D eigenvalue weighted by Gasteiger charge is -2.70. The predicted octanol–water partition coefficient (Wildman–Crippen LogP) is 6.68. The summed E-state index contributed by atoms with van der Waals surface area (Å²) in [6.07, 6.45) is 12.3. The van der Waals surface area contributed by atoms with Crippen LogP contribution in [0.25, 0.3) is 0 Å². The van der Waals surface area contributed by atoms with Crippen LogP contribution in [0.1, 0.15) is 116 Å². The summed E-state index contributed by atoms with van der Waals surface area (Å²) in [4.78, 5) is 15.5. The molecule has 45 heavy (non-hydrogen) atoms. The summed E-state index contributed by atoms with van der Waals surface area (Å²) < 4.78 is 5.65. The Morgan fingerprint density at radius 1 is 0.956 bits per heavy atom. The minimum Gasteiger partial charge on any atom is -0.382 e. The summed E-state index contributed by atoms with van der Waals surface area (Å²) in [5.41, 5.74) is 13.7. The van der Waals surface area contributed by atoms with E-state index in [2.05, 4.69) is 79.8 Å². The van der Waals surface area contributed by atoms with Crippen molar-refractivity contribution in [2.75, 3.05) is 36.9 Å². The molecule has 1 saturated heterocycles. The molecule has 3 heterocycles. The van der Waals surface area contributed by atoms with Crippen LogP contribution in [-0.2, 0) is 16.6 Å². The van der Waals surface area contributed by atoms with Gasteiger partial charge in [0.25, 0.3) is 5.56 Å². The quantitative estimate of drug-likeness (QED) is 0.281. The van der Waals surface area contributed by atoms with Crippen LogP contribution >= 0.6 is 0 Å². The van der Waals surface area contributed by atoms with Crippen molar-refractivity contribution in [2.24, 2.45) is 45.3 Å². The molecule has 4 fully saturated rings. The summed E-state index contributed by atoms with van der Waals surface area (Å²) >= 11 is 0. The molecule has 246 valence electrons. The Morgan fingerprint density at radius 2 is 1.69 bits per heavy atom. The van der Waals surface area contributed by atoms with Crippen LogP contribution in [0.5, 0.6) is 0 Å². The van der Waals surface area contributed by atoms with E-state index in [0.29, 0.717) is 48.6 Å². The maximum atomic E-state index is 13.3. The largest absolute Gasteiger partial charge is 0.382 e. The fourth-order valence-corrected chi connectivity index (χ4v) is 13.1. The number of fused-ring (bicyclic) bond motifs is 8. The second kappa shape index (κ2) is 9.54. The van der Waals surface area contributed by atoms with E-state index < -0.39 is 0 Å². The van der Waals surface area contributed by atoms with Gasteiger partial charge in [-0.2, -0.15) is 5.10 Å². The first-order chi connectivity index (χ1) is 21.2. The lowest BCUT2D eigenvalue weighted by Crippen LogP contribution is -2.63. The number of hydrogen-bond donors (Lipinski definition) is 4. The highest BCUT2D eigenvalue weighted by Crippen LogP contribution is 2.74. The smallest absolute Gasteiger partial charge is 0.287 e. The molecule has 3 saturated carbocycles. The molecule has 8 heteroatoms. The highest BCUT2D eigenvalue weighted by atomic mass is 16.5. The van der Waals surface area contributed by atoms with E-state index in [-0.39, 0.29) is 32.6 Å². The van der Waals surface area contributed by atoms with Gasteiger partial charge in [0.2, 0.25) is 0 Å². The number of ether oxygens (including phenoxy) is 1. The highest BCUT2D eigenvalue weighted by Gasteiger charge is 2.67. The van der Waals surface area contributed by atoms with Crippen molar-refractivity contribution in [3.63, 3.8) is 0 Å². The normalized spacial score (nSPS) is 41.6. The van der Waals surface area contributed by atoms with Gasteiger partial charge in [-0.25, -0.2) is 0 Å². The second-order valence-corrected chi connectivity index (χ2v) is 18.1. The second-order valence-electron chi connectivity index (χ2n) is 18.1. The monoisotopic (exact) mass is 616 g/mol. The first kappa shape index (κ1) is 29.9. The van der Waals surface area contributed by atoms with Crippen molar-refractivity contribution in [3.8, 4) is 0 Å². The van der Waals surface area contributed by atoms with Gasteiger partial charge in [0.15, 0.2) is 0 Å². The molecule has 8 nitrogen and oxygen atoms in total. The van der Waals surface area contributed by atoms with Crippen molar-refractivity contribution in [2.45, 2.75) is 111 Å². The molecule has 2 aromatic rings. The Balaban J connectivity index is 1.18. The Labute approximate surface area is 268 Å². The van der Waals surface area contributed by atoms with Crippen LogP contribution < -0.4 is 16.2 Å². The first-order valence-electron chi connectivity index (χ1n) is 17.9. The minimum absolute atomic E-state index is 0.0292. The topological polar surface area (TPSA) is 116 Å². The summed E-state index contributed by atoms with van der Waals surface area (Å²) in [6.45, 7) is 20.7. The van der Waals surface area contributed by atoms with Gasteiger partial charge >= 0.3 is 0 Å². The van der Waals surface area contributed by atoms with Gasteiger partial charge in [0.1, 0.15) is 11.5 Å². The van der Waals surface area contributed by atoms with Crippen LogP contribution in [0.15, 0.2) is 16.4 Å². The number of rotatable bonds is 2. The van der Waals surface area contributed by atoms with Crippen LogP contribution in [-0.4, -0.2) is 46.7 Å². The van der Waals surface area contributed by atoms with Gasteiger partial charge < -0.3 is 15.4 Å². The number of anilines is 2. The average Bonchev–Trinajstić information content (AvgIpc) is 3.55. The van der Waals surface area contributed by atoms with Crippen molar-refractivity contribution in [1.82, 2.24) is 20.4 Å². The average molecular weight is 617 g/mol. The Bertz CT molecular complexity index is 1590. The van der Waals surface area contributed by atoms with Crippen molar-refractivity contribution in [3.05, 3.63) is 39.0 Å². The van der Waals surface area contributed by atoms with Gasteiger partial charge in [-0.1, -0.05) is 60.1 Å². The molecule has 8 atom stereocenters. The zero-order chi connectivity index (χ0) is 31.7. The molecule has 6 aliphatic rings. The van der Waals surface area contributed by atoms with Crippen LogP contribution in [0.3, 0.4) is 0 Å². The zero-order valence-electron chi connectivity index (χ0n) is 28.7.